The van der Waals surface area contributed by atoms with Crippen molar-refractivity contribution in [2.45, 2.75) is 20.3 Å². The van der Waals surface area contributed by atoms with Crippen molar-refractivity contribution < 1.29 is 0 Å². The monoisotopic (exact) mass is 234 g/mol. The van der Waals surface area contributed by atoms with Crippen LogP contribution < -0.4 is 4.90 Å². The maximum atomic E-state index is 4.49. The van der Waals surface area contributed by atoms with E-state index in [9.17, 15) is 0 Å². The van der Waals surface area contributed by atoms with Gasteiger partial charge in [0.25, 0.3) is 0 Å². The average molecular weight is 234 g/mol. The third kappa shape index (κ3) is 2.52. The highest BCUT2D eigenvalue weighted by Crippen LogP contribution is 2.23. The summed E-state index contributed by atoms with van der Waals surface area (Å²) in [5, 5.41) is 7.63. The Kier molecular flexibility index (Phi) is 3.84. The second-order valence-electron chi connectivity index (χ2n) is 4.58. The molecule has 1 aromatic heterocycles. The zero-order valence-electron chi connectivity index (χ0n) is 11.0. The van der Waals surface area contributed by atoms with Crippen molar-refractivity contribution in [2.24, 2.45) is 0 Å². The standard InChI is InChI=1S/C13H22N4/c1-4-6-12-11(5-2)13(15-14-12)17-9-7-16(3)8-10-17/h4,6H,5,7-10H2,1-3H3,(H,14,15)/b6-4-. The smallest absolute Gasteiger partial charge is 0.154 e. The van der Waals surface area contributed by atoms with Gasteiger partial charge in [0.2, 0.25) is 0 Å². The summed E-state index contributed by atoms with van der Waals surface area (Å²) >= 11 is 0. The number of piperazine rings is 1. The highest BCUT2D eigenvalue weighted by molar-refractivity contribution is 5.59. The van der Waals surface area contributed by atoms with Gasteiger partial charge in [-0.05, 0) is 26.5 Å². The molecule has 94 valence electrons. The topological polar surface area (TPSA) is 35.2 Å². The summed E-state index contributed by atoms with van der Waals surface area (Å²) in [6.45, 7) is 8.62. The number of anilines is 1. The number of aromatic nitrogens is 2. The minimum absolute atomic E-state index is 1.03. The normalized spacial score (nSPS) is 18.2. The predicted octanol–water partition coefficient (Wildman–Crippen LogP) is 1.76. The van der Waals surface area contributed by atoms with Gasteiger partial charge in [0.05, 0.1) is 5.69 Å². The molecule has 17 heavy (non-hydrogen) atoms. The van der Waals surface area contributed by atoms with Gasteiger partial charge in [0, 0.05) is 31.7 Å². The van der Waals surface area contributed by atoms with E-state index in [0.717, 1.165) is 44.1 Å². The molecular formula is C13H22N4. The van der Waals surface area contributed by atoms with Crippen LogP contribution in [0.1, 0.15) is 25.1 Å². The van der Waals surface area contributed by atoms with Crippen molar-refractivity contribution >= 4 is 11.9 Å². The Bertz CT molecular complexity index is 386. The summed E-state index contributed by atoms with van der Waals surface area (Å²) in [5.74, 6) is 1.15. The lowest BCUT2D eigenvalue weighted by molar-refractivity contribution is 0.312. The average Bonchev–Trinajstić information content (AvgIpc) is 2.73. The van der Waals surface area contributed by atoms with E-state index in [4.69, 9.17) is 0 Å². The lowest BCUT2D eigenvalue weighted by atomic mass is 10.1. The van der Waals surface area contributed by atoms with E-state index in [0.29, 0.717) is 0 Å². The molecule has 1 fully saturated rings. The van der Waals surface area contributed by atoms with Crippen molar-refractivity contribution in [1.29, 1.82) is 0 Å². The summed E-state index contributed by atoms with van der Waals surface area (Å²) in [5.41, 5.74) is 2.50. The Hall–Kier alpha value is -1.29. The molecule has 1 aliphatic rings. The second kappa shape index (κ2) is 5.36. The highest BCUT2D eigenvalue weighted by atomic mass is 15.3. The van der Waals surface area contributed by atoms with E-state index in [1.54, 1.807) is 0 Å². The minimum Gasteiger partial charge on any atom is -0.352 e. The van der Waals surface area contributed by atoms with Crippen molar-refractivity contribution in [2.75, 3.05) is 38.1 Å². The number of likely N-dealkylation sites (N-methyl/N-ethyl adjacent to an activating group) is 1. The van der Waals surface area contributed by atoms with Crippen LogP contribution in [0, 0.1) is 0 Å². The molecule has 0 saturated carbocycles. The van der Waals surface area contributed by atoms with Crippen LogP contribution >= 0.6 is 0 Å². The molecular weight excluding hydrogens is 212 g/mol. The van der Waals surface area contributed by atoms with E-state index in [1.165, 1.54) is 5.56 Å². The maximum absolute atomic E-state index is 4.49. The highest BCUT2D eigenvalue weighted by Gasteiger charge is 2.20. The van der Waals surface area contributed by atoms with Gasteiger partial charge in [0.15, 0.2) is 5.82 Å². The van der Waals surface area contributed by atoms with E-state index in [-0.39, 0.29) is 0 Å². The van der Waals surface area contributed by atoms with Crippen LogP contribution in [0.4, 0.5) is 5.82 Å². The van der Waals surface area contributed by atoms with Gasteiger partial charge >= 0.3 is 0 Å². The Morgan fingerprint density at radius 3 is 2.59 bits per heavy atom. The zero-order valence-corrected chi connectivity index (χ0v) is 11.0. The SMILES string of the molecule is C/C=C\c1[nH]nc(N2CCN(C)CC2)c1CC. The van der Waals surface area contributed by atoms with Gasteiger partial charge in [-0.3, -0.25) is 5.10 Å². The third-order valence-electron chi connectivity index (χ3n) is 3.37. The van der Waals surface area contributed by atoms with Crippen LogP contribution in [0.25, 0.3) is 6.08 Å². The molecule has 0 spiro atoms. The number of rotatable bonds is 3. The fraction of sp³-hybridized carbons (Fsp3) is 0.615. The van der Waals surface area contributed by atoms with Crippen LogP contribution in [0.5, 0.6) is 0 Å². The molecule has 4 nitrogen and oxygen atoms in total. The van der Waals surface area contributed by atoms with Gasteiger partial charge in [0.1, 0.15) is 0 Å². The number of aromatic amines is 1. The van der Waals surface area contributed by atoms with E-state index >= 15 is 0 Å². The molecule has 1 saturated heterocycles. The number of hydrogen-bond donors (Lipinski definition) is 1. The summed E-state index contributed by atoms with van der Waals surface area (Å²) in [4.78, 5) is 4.75. The number of nitrogens with one attached hydrogen (secondary N) is 1. The second-order valence-corrected chi connectivity index (χ2v) is 4.58. The Balaban J connectivity index is 2.20. The van der Waals surface area contributed by atoms with Crippen molar-refractivity contribution in [3.05, 3.63) is 17.3 Å². The van der Waals surface area contributed by atoms with E-state index in [1.807, 2.05) is 6.92 Å². The van der Waals surface area contributed by atoms with Crippen LogP contribution in [0.3, 0.4) is 0 Å². The largest absolute Gasteiger partial charge is 0.352 e. The fourth-order valence-electron chi connectivity index (χ4n) is 2.30. The van der Waals surface area contributed by atoms with Crippen molar-refractivity contribution in [3.8, 4) is 0 Å². The molecule has 0 atom stereocenters. The quantitative estimate of drug-likeness (QED) is 0.865. The summed E-state index contributed by atoms with van der Waals surface area (Å²) < 4.78 is 0. The number of hydrogen-bond acceptors (Lipinski definition) is 3. The van der Waals surface area contributed by atoms with E-state index in [2.05, 4.69) is 46.1 Å². The van der Waals surface area contributed by atoms with Crippen molar-refractivity contribution in [1.82, 2.24) is 15.1 Å². The first kappa shape index (κ1) is 12.2. The van der Waals surface area contributed by atoms with Gasteiger partial charge in [-0.1, -0.05) is 13.0 Å². The predicted molar refractivity (Wildman–Crippen MR) is 72.4 cm³/mol. The first-order valence-electron chi connectivity index (χ1n) is 6.39. The summed E-state index contributed by atoms with van der Waals surface area (Å²) in [7, 11) is 2.17. The first-order chi connectivity index (χ1) is 8.26. The molecule has 0 radical (unpaired) electrons. The molecule has 2 rings (SSSR count). The van der Waals surface area contributed by atoms with E-state index < -0.39 is 0 Å². The lowest BCUT2D eigenvalue weighted by Gasteiger charge is -2.33. The Morgan fingerprint density at radius 1 is 1.29 bits per heavy atom. The van der Waals surface area contributed by atoms with Gasteiger partial charge < -0.3 is 9.80 Å². The maximum Gasteiger partial charge on any atom is 0.154 e. The Labute approximate surface area is 103 Å². The van der Waals surface area contributed by atoms with Crippen LogP contribution in [-0.4, -0.2) is 48.3 Å². The van der Waals surface area contributed by atoms with Crippen LogP contribution in [-0.2, 0) is 6.42 Å². The molecule has 2 heterocycles. The molecule has 0 aliphatic carbocycles. The molecule has 0 bridgehead atoms. The third-order valence-corrected chi connectivity index (χ3v) is 3.37. The molecule has 0 aromatic carbocycles. The summed E-state index contributed by atoms with van der Waals surface area (Å²) in [6.07, 6.45) is 5.18. The van der Waals surface area contributed by atoms with Crippen molar-refractivity contribution in [3.63, 3.8) is 0 Å². The molecule has 1 aromatic rings. The number of allylic oxidation sites excluding steroid dienone is 1. The molecule has 0 amide bonds. The molecule has 1 aliphatic heterocycles. The Morgan fingerprint density at radius 2 is 2.00 bits per heavy atom. The molecule has 4 heteroatoms. The molecule has 1 N–H and O–H groups in total. The van der Waals surface area contributed by atoms with Gasteiger partial charge in [-0.15, -0.1) is 0 Å². The number of H-pyrrole nitrogens is 1. The van der Waals surface area contributed by atoms with Gasteiger partial charge in [-0.25, -0.2) is 0 Å². The molecule has 0 unspecified atom stereocenters. The first-order valence-corrected chi connectivity index (χ1v) is 6.39. The zero-order chi connectivity index (χ0) is 12.3. The lowest BCUT2D eigenvalue weighted by Crippen LogP contribution is -2.45. The van der Waals surface area contributed by atoms with Crippen LogP contribution in [0.15, 0.2) is 6.08 Å². The van der Waals surface area contributed by atoms with Gasteiger partial charge in [-0.2, -0.15) is 5.10 Å². The van der Waals surface area contributed by atoms with Crippen LogP contribution in [0.2, 0.25) is 0 Å². The summed E-state index contributed by atoms with van der Waals surface area (Å²) in [6, 6.07) is 0. The number of nitrogens with zero attached hydrogens (tertiary/aromatic N) is 3. The minimum atomic E-state index is 1.03. The fourth-order valence-corrected chi connectivity index (χ4v) is 2.30.